The number of benzene rings is 2. The van der Waals surface area contributed by atoms with Gasteiger partial charge in [0.05, 0.1) is 0 Å². The van der Waals surface area contributed by atoms with Crippen molar-refractivity contribution in [3.05, 3.63) is 69.6 Å². The smallest absolute Gasteiger partial charge is 0.00101 e. The summed E-state index contributed by atoms with van der Waals surface area (Å²) in [4.78, 5) is 2.22. The van der Waals surface area contributed by atoms with Crippen LogP contribution in [0.15, 0.2) is 42.5 Å². The number of rotatable bonds is 3. The maximum Gasteiger partial charge on any atom is 0.00101 e. The number of nitrogens with zero attached hydrogens (tertiary/aromatic N) is 1. The molecule has 0 spiro atoms. The van der Waals surface area contributed by atoms with Gasteiger partial charge in [0.1, 0.15) is 0 Å². The highest BCUT2D eigenvalue weighted by Crippen LogP contribution is 2.15. The summed E-state index contributed by atoms with van der Waals surface area (Å²) in [5, 5.41) is 2.66. The van der Waals surface area contributed by atoms with Crippen molar-refractivity contribution in [2.45, 2.75) is 6.42 Å². The zero-order valence-electron chi connectivity index (χ0n) is 12.7. The van der Waals surface area contributed by atoms with Crippen LogP contribution in [0.2, 0.25) is 0 Å². The van der Waals surface area contributed by atoms with Gasteiger partial charge in [-0.3, -0.25) is 0 Å². The van der Waals surface area contributed by atoms with E-state index in [4.69, 9.17) is 0 Å². The van der Waals surface area contributed by atoms with Crippen molar-refractivity contribution in [2.75, 3.05) is 20.6 Å². The van der Waals surface area contributed by atoms with Crippen LogP contribution in [0.4, 0.5) is 0 Å². The highest BCUT2D eigenvalue weighted by molar-refractivity contribution is 5.79. The van der Waals surface area contributed by atoms with Crippen molar-refractivity contribution in [2.24, 2.45) is 0 Å². The Morgan fingerprint density at radius 3 is 2.38 bits per heavy atom. The molecule has 2 aromatic rings. The third-order valence-electron chi connectivity index (χ3n) is 3.85. The van der Waals surface area contributed by atoms with Crippen LogP contribution in [0.5, 0.6) is 0 Å². The summed E-state index contributed by atoms with van der Waals surface area (Å²) in [6, 6.07) is 15.1. The second kappa shape index (κ2) is 6.11. The van der Waals surface area contributed by atoms with Crippen LogP contribution in [-0.2, 0) is 0 Å². The lowest BCUT2D eigenvalue weighted by Gasteiger charge is -2.06. The molecule has 2 aromatic carbocycles. The summed E-state index contributed by atoms with van der Waals surface area (Å²) in [7, 11) is 4.23. The van der Waals surface area contributed by atoms with E-state index in [0.717, 1.165) is 13.0 Å². The van der Waals surface area contributed by atoms with Gasteiger partial charge >= 0.3 is 0 Å². The molecule has 0 amide bonds. The monoisotopic (exact) mass is 275 g/mol. The van der Waals surface area contributed by atoms with Gasteiger partial charge in [0.25, 0.3) is 0 Å². The van der Waals surface area contributed by atoms with E-state index in [9.17, 15) is 0 Å². The fourth-order valence-corrected chi connectivity index (χ4v) is 2.70. The minimum absolute atomic E-state index is 1.07. The summed E-state index contributed by atoms with van der Waals surface area (Å²) >= 11 is 0. The van der Waals surface area contributed by atoms with Crippen LogP contribution in [0.3, 0.4) is 0 Å². The topological polar surface area (TPSA) is 3.24 Å². The second-order valence-corrected chi connectivity index (χ2v) is 5.75. The van der Waals surface area contributed by atoms with Crippen LogP contribution in [0, 0.1) is 0 Å². The molecule has 1 aliphatic rings. The molecule has 0 aliphatic heterocycles. The third-order valence-corrected chi connectivity index (χ3v) is 3.85. The van der Waals surface area contributed by atoms with Crippen LogP contribution in [-0.4, -0.2) is 25.5 Å². The fraction of sp³-hybridized carbons (Fsp3) is 0.200. The average Bonchev–Trinajstić information content (AvgIpc) is 2.67. The molecule has 3 rings (SSSR count). The van der Waals surface area contributed by atoms with E-state index in [-0.39, 0.29) is 0 Å². The molecule has 0 aromatic heterocycles. The molecule has 0 saturated carbocycles. The van der Waals surface area contributed by atoms with Crippen molar-refractivity contribution in [1.29, 1.82) is 0 Å². The molecule has 0 radical (unpaired) electrons. The lowest BCUT2D eigenvalue weighted by Crippen LogP contribution is -2.27. The minimum atomic E-state index is 1.07. The Kier molecular flexibility index (Phi) is 4.03. The first-order valence-corrected chi connectivity index (χ1v) is 7.47. The first-order valence-electron chi connectivity index (χ1n) is 7.47. The molecular weight excluding hydrogens is 254 g/mol. The molecule has 0 unspecified atom stereocenters. The fourth-order valence-electron chi connectivity index (χ4n) is 2.70. The van der Waals surface area contributed by atoms with Gasteiger partial charge in [0.2, 0.25) is 0 Å². The van der Waals surface area contributed by atoms with E-state index >= 15 is 0 Å². The lowest BCUT2D eigenvalue weighted by atomic mass is 10.1. The lowest BCUT2D eigenvalue weighted by molar-refractivity contribution is 0.421. The Labute approximate surface area is 126 Å². The largest absolute Gasteiger partial charge is 0.309 e. The standard InChI is InChI=1S/C20H21N/c1-21(2)14-6-11-17-9-5-10-18-13-12-16-7-3-4-8-19(16)15-20(17)18/h3-5,7-13,15H,6,14H2,1-2H3/b17-11-. The molecule has 1 nitrogen and oxygen atoms in total. The predicted molar refractivity (Wildman–Crippen MR) is 92.3 cm³/mol. The first kappa shape index (κ1) is 13.8. The van der Waals surface area contributed by atoms with Gasteiger partial charge in [-0.25, -0.2) is 0 Å². The highest BCUT2D eigenvalue weighted by atomic mass is 15.0. The van der Waals surface area contributed by atoms with E-state index < -0.39 is 0 Å². The number of fused-ring (bicyclic) bond motifs is 2. The third kappa shape index (κ3) is 3.14. The van der Waals surface area contributed by atoms with Gasteiger partial charge < -0.3 is 4.90 Å². The van der Waals surface area contributed by atoms with E-state index in [2.05, 4.69) is 85.8 Å². The van der Waals surface area contributed by atoms with Crippen LogP contribution in [0.25, 0.3) is 24.3 Å². The SMILES string of the molecule is CN(C)CC/C=c1/cccc2c1=Cc1ccccc1C=C2. The van der Waals surface area contributed by atoms with E-state index in [0.29, 0.717) is 0 Å². The molecule has 0 atom stereocenters. The molecule has 106 valence electrons. The maximum absolute atomic E-state index is 2.34. The molecule has 0 N–H and O–H groups in total. The summed E-state index contributed by atoms with van der Waals surface area (Å²) in [5.74, 6) is 0. The van der Waals surface area contributed by atoms with E-state index in [1.54, 1.807) is 0 Å². The van der Waals surface area contributed by atoms with Gasteiger partial charge in [-0.1, -0.05) is 60.7 Å². The van der Waals surface area contributed by atoms with Crippen LogP contribution in [0.1, 0.15) is 23.1 Å². The van der Waals surface area contributed by atoms with Crippen molar-refractivity contribution >= 4 is 24.3 Å². The average molecular weight is 275 g/mol. The zero-order chi connectivity index (χ0) is 14.7. The van der Waals surface area contributed by atoms with Crippen molar-refractivity contribution in [3.63, 3.8) is 0 Å². The Morgan fingerprint density at radius 2 is 1.57 bits per heavy atom. The summed E-state index contributed by atoms with van der Waals surface area (Å²) in [5.41, 5.74) is 3.87. The predicted octanol–water partition coefficient (Wildman–Crippen LogP) is 2.73. The molecule has 0 fully saturated rings. The zero-order valence-corrected chi connectivity index (χ0v) is 12.7. The molecule has 1 heteroatoms. The Hall–Kier alpha value is -2.12. The normalized spacial score (nSPS) is 13.6. The van der Waals surface area contributed by atoms with Crippen molar-refractivity contribution < 1.29 is 0 Å². The van der Waals surface area contributed by atoms with Gasteiger partial charge in [-0.2, -0.15) is 0 Å². The van der Waals surface area contributed by atoms with Crippen LogP contribution >= 0.6 is 0 Å². The van der Waals surface area contributed by atoms with Gasteiger partial charge in [-0.15, -0.1) is 0 Å². The quantitative estimate of drug-likeness (QED) is 0.710. The summed E-state index contributed by atoms with van der Waals surface area (Å²) < 4.78 is 0. The minimum Gasteiger partial charge on any atom is -0.309 e. The van der Waals surface area contributed by atoms with Gasteiger partial charge in [-0.05, 0) is 53.7 Å². The van der Waals surface area contributed by atoms with Gasteiger partial charge in [0.15, 0.2) is 0 Å². The summed E-state index contributed by atoms with van der Waals surface area (Å²) in [6.45, 7) is 1.08. The molecule has 21 heavy (non-hydrogen) atoms. The summed E-state index contributed by atoms with van der Waals surface area (Å²) in [6.07, 6.45) is 10.2. The Bertz CT molecular complexity index is 782. The van der Waals surface area contributed by atoms with Crippen molar-refractivity contribution in [1.82, 2.24) is 4.90 Å². The Morgan fingerprint density at radius 1 is 0.857 bits per heavy atom. The molecular formula is C20H21N. The highest BCUT2D eigenvalue weighted by Gasteiger charge is 2.02. The molecule has 0 saturated heterocycles. The molecule has 1 aliphatic carbocycles. The van der Waals surface area contributed by atoms with Crippen LogP contribution < -0.4 is 10.4 Å². The first-order chi connectivity index (χ1) is 10.2. The number of hydrogen-bond donors (Lipinski definition) is 0. The second-order valence-electron chi connectivity index (χ2n) is 5.75. The number of hydrogen-bond acceptors (Lipinski definition) is 1. The maximum atomic E-state index is 2.34. The Balaban J connectivity index is 2.13. The van der Waals surface area contributed by atoms with E-state index in [1.807, 2.05) is 0 Å². The molecule has 0 bridgehead atoms. The van der Waals surface area contributed by atoms with Crippen molar-refractivity contribution in [3.8, 4) is 0 Å². The molecule has 0 heterocycles. The van der Waals surface area contributed by atoms with E-state index in [1.165, 1.54) is 27.1 Å². The van der Waals surface area contributed by atoms with Gasteiger partial charge in [0, 0.05) is 6.54 Å².